The zero-order chi connectivity index (χ0) is 18.4. The van der Waals surface area contributed by atoms with Gasteiger partial charge < -0.3 is 19.9 Å². The molecule has 0 amide bonds. The lowest BCUT2D eigenvalue weighted by molar-refractivity contribution is 0.147. The van der Waals surface area contributed by atoms with Gasteiger partial charge in [-0.25, -0.2) is 0 Å². The monoisotopic (exact) mass is 361 g/mol. The van der Waals surface area contributed by atoms with Gasteiger partial charge in [0.25, 0.3) is 0 Å². The van der Waals surface area contributed by atoms with Crippen molar-refractivity contribution in [1.29, 1.82) is 0 Å². The quantitative estimate of drug-likeness (QED) is 0.724. The first-order valence-corrected chi connectivity index (χ1v) is 10.0. The van der Waals surface area contributed by atoms with Gasteiger partial charge in [0, 0.05) is 47.3 Å². The number of benzene rings is 2. The SMILES string of the molecule is CCOc1ccc(NC2C[C@@H]3c4cccc5[nH]cc(c45)C[C@H]3N(C)C2)cc1. The van der Waals surface area contributed by atoms with Gasteiger partial charge >= 0.3 is 0 Å². The molecule has 2 N–H and O–H groups in total. The average molecular weight is 361 g/mol. The molecule has 1 unspecified atom stereocenters. The standard InChI is InChI=1S/C23H27N3O/c1-3-27-18-9-7-16(8-10-18)25-17-12-20-19-5-4-6-21-23(19)15(13-24-21)11-22(20)26(2)14-17/h4-10,13,17,20,22,24-25H,3,11-12,14H2,1-2H3/t17?,20-,22-/m1/s1. The third-order valence-corrected chi connectivity index (χ3v) is 6.26. The van der Waals surface area contributed by atoms with Crippen LogP contribution in [0.25, 0.3) is 10.9 Å². The molecule has 0 radical (unpaired) electrons. The summed E-state index contributed by atoms with van der Waals surface area (Å²) in [6.45, 7) is 3.79. The number of H-pyrrole nitrogens is 1. The van der Waals surface area contributed by atoms with Gasteiger partial charge in [0.1, 0.15) is 5.75 Å². The van der Waals surface area contributed by atoms with Crippen molar-refractivity contribution in [3.8, 4) is 5.75 Å². The molecule has 3 aromatic rings. The number of nitrogens with zero attached hydrogens (tertiary/aromatic N) is 1. The molecule has 1 saturated heterocycles. The van der Waals surface area contributed by atoms with E-state index in [4.69, 9.17) is 4.74 Å². The van der Waals surface area contributed by atoms with Crippen molar-refractivity contribution in [2.45, 2.75) is 37.8 Å². The minimum Gasteiger partial charge on any atom is -0.494 e. The predicted octanol–water partition coefficient (Wildman–Crippen LogP) is 4.39. The molecule has 4 nitrogen and oxygen atoms in total. The molecular weight excluding hydrogens is 334 g/mol. The van der Waals surface area contributed by atoms with Gasteiger partial charge in [-0.1, -0.05) is 12.1 Å². The Morgan fingerprint density at radius 3 is 2.85 bits per heavy atom. The van der Waals surface area contributed by atoms with E-state index in [9.17, 15) is 0 Å². The molecule has 5 rings (SSSR count). The second kappa shape index (κ2) is 6.61. The number of anilines is 1. The number of likely N-dealkylation sites (N-methyl/N-ethyl adjacent to an activating group) is 1. The summed E-state index contributed by atoms with van der Waals surface area (Å²) in [4.78, 5) is 6.02. The Hall–Kier alpha value is -2.46. The van der Waals surface area contributed by atoms with E-state index in [0.717, 1.165) is 18.7 Å². The first kappa shape index (κ1) is 16.7. The maximum absolute atomic E-state index is 5.56. The molecule has 1 aliphatic carbocycles. The lowest BCUT2D eigenvalue weighted by Crippen LogP contribution is -2.51. The lowest BCUT2D eigenvalue weighted by atomic mass is 9.74. The number of hydrogen-bond donors (Lipinski definition) is 2. The summed E-state index contributed by atoms with van der Waals surface area (Å²) >= 11 is 0. The molecule has 3 atom stereocenters. The van der Waals surface area contributed by atoms with Gasteiger partial charge in [0.05, 0.1) is 6.61 Å². The number of likely N-dealkylation sites (tertiary alicyclic amines) is 1. The molecule has 1 aliphatic heterocycles. The maximum Gasteiger partial charge on any atom is 0.119 e. The summed E-state index contributed by atoms with van der Waals surface area (Å²) in [6.07, 6.45) is 4.53. The highest BCUT2D eigenvalue weighted by atomic mass is 16.5. The summed E-state index contributed by atoms with van der Waals surface area (Å²) < 4.78 is 5.56. The van der Waals surface area contributed by atoms with Crippen LogP contribution >= 0.6 is 0 Å². The highest BCUT2D eigenvalue weighted by Crippen LogP contribution is 2.43. The van der Waals surface area contributed by atoms with Gasteiger partial charge in [-0.2, -0.15) is 0 Å². The normalized spacial score (nSPS) is 24.6. The van der Waals surface area contributed by atoms with Crippen molar-refractivity contribution in [3.63, 3.8) is 0 Å². The van der Waals surface area contributed by atoms with Crippen LogP contribution in [0.4, 0.5) is 5.69 Å². The van der Waals surface area contributed by atoms with Crippen molar-refractivity contribution in [2.24, 2.45) is 0 Å². The highest BCUT2D eigenvalue weighted by molar-refractivity contribution is 5.88. The Balaban J connectivity index is 1.39. The Morgan fingerprint density at radius 1 is 1.19 bits per heavy atom. The van der Waals surface area contributed by atoms with Crippen LogP contribution in [0.15, 0.2) is 48.7 Å². The molecule has 2 heterocycles. The number of aromatic amines is 1. The third kappa shape index (κ3) is 2.88. The van der Waals surface area contributed by atoms with Gasteiger partial charge in [-0.05, 0) is 68.3 Å². The molecular formula is C23H27N3O. The molecule has 4 heteroatoms. The summed E-state index contributed by atoms with van der Waals surface area (Å²) in [5.41, 5.74) is 5.45. The van der Waals surface area contributed by atoms with Gasteiger partial charge in [-0.3, -0.25) is 0 Å². The fourth-order valence-electron chi connectivity index (χ4n) is 5.10. The predicted molar refractivity (Wildman–Crippen MR) is 111 cm³/mol. The summed E-state index contributed by atoms with van der Waals surface area (Å²) in [5.74, 6) is 1.51. The number of rotatable bonds is 4. The molecule has 0 spiro atoms. The zero-order valence-corrected chi connectivity index (χ0v) is 16.0. The van der Waals surface area contributed by atoms with Gasteiger partial charge in [0.2, 0.25) is 0 Å². The van der Waals surface area contributed by atoms with Crippen molar-refractivity contribution in [2.75, 3.05) is 25.5 Å². The first-order valence-electron chi connectivity index (χ1n) is 10.0. The fraction of sp³-hybridized carbons (Fsp3) is 0.391. The largest absolute Gasteiger partial charge is 0.494 e. The van der Waals surface area contributed by atoms with Crippen LogP contribution in [0.5, 0.6) is 5.75 Å². The molecule has 0 bridgehead atoms. The van der Waals surface area contributed by atoms with Crippen LogP contribution in [-0.2, 0) is 6.42 Å². The molecule has 1 aromatic heterocycles. The summed E-state index contributed by atoms with van der Waals surface area (Å²) in [5, 5.41) is 5.22. The maximum atomic E-state index is 5.56. The van der Waals surface area contributed by atoms with Crippen LogP contribution < -0.4 is 10.1 Å². The number of ether oxygens (including phenoxy) is 1. The number of piperidine rings is 1. The second-order valence-electron chi connectivity index (χ2n) is 7.94. The minimum atomic E-state index is 0.449. The van der Waals surface area contributed by atoms with E-state index in [1.165, 1.54) is 34.1 Å². The van der Waals surface area contributed by atoms with Crippen molar-refractivity contribution >= 4 is 16.6 Å². The van der Waals surface area contributed by atoms with Crippen LogP contribution in [-0.4, -0.2) is 42.2 Å². The topological polar surface area (TPSA) is 40.3 Å². The van der Waals surface area contributed by atoms with Gasteiger partial charge in [0.15, 0.2) is 0 Å². The van der Waals surface area contributed by atoms with Crippen molar-refractivity contribution in [1.82, 2.24) is 9.88 Å². The number of aromatic nitrogens is 1. The van der Waals surface area contributed by atoms with E-state index in [-0.39, 0.29) is 0 Å². The lowest BCUT2D eigenvalue weighted by Gasteiger charge is -2.46. The summed E-state index contributed by atoms with van der Waals surface area (Å²) in [6, 6.07) is 16.1. The third-order valence-electron chi connectivity index (χ3n) is 6.26. The smallest absolute Gasteiger partial charge is 0.119 e. The van der Waals surface area contributed by atoms with E-state index in [0.29, 0.717) is 24.6 Å². The second-order valence-corrected chi connectivity index (χ2v) is 7.94. The van der Waals surface area contributed by atoms with Crippen molar-refractivity contribution in [3.05, 3.63) is 59.8 Å². The average Bonchev–Trinajstić information content (AvgIpc) is 3.09. The minimum absolute atomic E-state index is 0.449. The van der Waals surface area contributed by atoms with Gasteiger partial charge in [-0.15, -0.1) is 0 Å². The van der Waals surface area contributed by atoms with Crippen molar-refractivity contribution < 1.29 is 4.74 Å². The molecule has 2 aliphatic rings. The van der Waals surface area contributed by atoms with Crippen LogP contribution in [0.1, 0.15) is 30.4 Å². The molecule has 27 heavy (non-hydrogen) atoms. The van der Waals surface area contributed by atoms with Crippen LogP contribution in [0.3, 0.4) is 0 Å². The zero-order valence-electron chi connectivity index (χ0n) is 16.0. The molecule has 2 aromatic carbocycles. The number of hydrogen-bond acceptors (Lipinski definition) is 3. The molecule has 1 fully saturated rings. The van der Waals surface area contributed by atoms with E-state index < -0.39 is 0 Å². The Labute approximate surface area is 160 Å². The Bertz CT molecular complexity index is 946. The highest BCUT2D eigenvalue weighted by Gasteiger charge is 2.39. The van der Waals surface area contributed by atoms with E-state index in [2.05, 4.69) is 70.9 Å². The Morgan fingerprint density at radius 2 is 2.04 bits per heavy atom. The fourth-order valence-corrected chi connectivity index (χ4v) is 5.10. The number of nitrogens with one attached hydrogen (secondary N) is 2. The molecule has 0 saturated carbocycles. The van der Waals surface area contributed by atoms with E-state index >= 15 is 0 Å². The van der Waals surface area contributed by atoms with E-state index in [1.807, 2.05) is 6.92 Å². The Kier molecular flexibility index (Phi) is 4.09. The first-order chi connectivity index (χ1) is 13.2. The summed E-state index contributed by atoms with van der Waals surface area (Å²) in [7, 11) is 2.28. The molecule has 140 valence electrons. The van der Waals surface area contributed by atoms with Crippen LogP contribution in [0, 0.1) is 0 Å². The van der Waals surface area contributed by atoms with Crippen LogP contribution in [0.2, 0.25) is 0 Å². The van der Waals surface area contributed by atoms with E-state index in [1.54, 1.807) is 0 Å². The number of fused-ring (bicyclic) bond motifs is 2.